The Balaban J connectivity index is 1.35. The minimum absolute atomic E-state index is 0.0924. The summed E-state index contributed by atoms with van der Waals surface area (Å²) in [5.41, 5.74) is 3.79. The van der Waals surface area contributed by atoms with Gasteiger partial charge in [0.05, 0.1) is 22.7 Å². The van der Waals surface area contributed by atoms with E-state index >= 15 is 0 Å². The fraction of sp³-hybridized carbons (Fsp3) is 0.400. The van der Waals surface area contributed by atoms with Gasteiger partial charge in [0.25, 0.3) is 0 Å². The van der Waals surface area contributed by atoms with Crippen molar-refractivity contribution in [1.82, 2.24) is 19.5 Å². The summed E-state index contributed by atoms with van der Waals surface area (Å²) in [5, 5.41) is 12.1. The summed E-state index contributed by atoms with van der Waals surface area (Å²) in [6.07, 6.45) is 9.11. The van der Waals surface area contributed by atoms with Crippen LogP contribution in [0.2, 0.25) is 10.2 Å². The lowest BCUT2D eigenvalue weighted by Gasteiger charge is -2.28. The number of ether oxygens (including phenoxy) is 1. The van der Waals surface area contributed by atoms with Crippen molar-refractivity contribution in [3.05, 3.63) is 64.7 Å². The van der Waals surface area contributed by atoms with Gasteiger partial charge in [-0.2, -0.15) is 0 Å². The number of aliphatic hydroxyl groups is 1. The van der Waals surface area contributed by atoms with E-state index < -0.39 is 5.79 Å². The molecule has 3 atom stereocenters. The lowest BCUT2D eigenvalue weighted by atomic mass is 9.97. The maximum absolute atomic E-state index is 10.4. The van der Waals surface area contributed by atoms with E-state index in [4.69, 9.17) is 27.9 Å². The summed E-state index contributed by atoms with van der Waals surface area (Å²) in [4.78, 5) is 13.4. The summed E-state index contributed by atoms with van der Waals surface area (Å²) in [6.45, 7) is 3.37. The Labute approximate surface area is 202 Å². The van der Waals surface area contributed by atoms with Gasteiger partial charge >= 0.3 is 0 Å². The van der Waals surface area contributed by atoms with Crippen molar-refractivity contribution in [3.63, 3.8) is 0 Å². The number of hydrogen-bond acceptors (Lipinski definition) is 5. The zero-order chi connectivity index (χ0) is 23.2. The fourth-order valence-electron chi connectivity index (χ4n) is 4.94. The standard InChI is InChI=1S/C25H26Cl2N4O2/c1-25(2,32)33-22-13-16(12-21(22)31-10-7-19-24(31)29-9-8-28-19)4-3-15-5-6-17-14-18(26)23(27)30-20(17)11-15/h5-11,14,16,21-22,32H,3-4,12-13H2,1-2H3/t16?,21?,22-/m1/s1. The first-order valence-electron chi connectivity index (χ1n) is 11.2. The molecule has 1 aliphatic rings. The number of halogens is 2. The third-order valence-electron chi connectivity index (χ3n) is 6.34. The van der Waals surface area contributed by atoms with Crippen LogP contribution < -0.4 is 0 Å². The predicted molar refractivity (Wildman–Crippen MR) is 131 cm³/mol. The highest BCUT2D eigenvalue weighted by atomic mass is 35.5. The van der Waals surface area contributed by atoms with E-state index in [0.717, 1.165) is 47.8 Å². The van der Waals surface area contributed by atoms with E-state index in [-0.39, 0.29) is 12.1 Å². The predicted octanol–water partition coefficient (Wildman–Crippen LogP) is 5.98. The molecule has 0 saturated heterocycles. The van der Waals surface area contributed by atoms with Gasteiger partial charge in [0.1, 0.15) is 10.7 Å². The SMILES string of the molecule is CC(C)(O)O[C@@H]1CC(CCc2ccc3cc(Cl)c(Cl)nc3c2)CC1n1ccc2nccnc21. The molecule has 172 valence electrons. The average Bonchev–Trinajstić information content (AvgIpc) is 3.35. The second-order valence-electron chi connectivity index (χ2n) is 9.32. The maximum Gasteiger partial charge on any atom is 0.160 e. The highest BCUT2D eigenvalue weighted by Gasteiger charge is 2.39. The topological polar surface area (TPSA) is 73.1 Å². The Bertz CT molecular complexity index is 1300. The minimum Gasteiger partial charge on any atom is -0.366 e. The van der Waals surface area contributed by atoms with Gasteiger partial charge in [-0.3, -0.25) is 4.98 Å². The molecule has 33 heavy (non-hydrogen) atoms. The van der Waals surface area contributed by atoms with Gasteiger partial charge in [-0.1, -0.05) is 35.3 Å². The number of rotatable bonds is 6. The molecule has 0 amide bonds. The van der Waals surface area contributed by atoms with Crippen molar-refractivity contribution in [2.75, 3.05) is 0 Å². The number of nitrogens with zero attached hydrogens (tertiary/aromatic N) is 4. The summed E-state index contributed by atoms with van der Waals surface area (Å²) in [6, 6.07) is 10.2. The first kappa shape index (κ1) is 22.5. The average molecular weight is 485 g/mol. The molecule has 4 aromatic rings. The van der Waals surface area contributed by atoms with Crippen LogP contribution in [0.3, 0.4) is 0 Å². The van der Waals surface area contributed by atoms with Gasteiger partial charge in [-0.05, 0) is 69.2 Å². The van der Waals surface area contributed by atoms with Crippen molar-refractivity contribution in [2.45, 2.75) is 57.5 Å². The molecular formula is C25H26Cl2N4O2. The van der Waals surface area contributed by atoms with Crippen molar-refractivity contribution >= 4 is 45.3 Å². The number of benzene rings is 1. The molecule has 0 spiro atoms. The number of pyridine rings is 1. The van der Waals surface area contributed by atoms with Crippen molar-refractivity contribution in [2.24, 2.45) is 5.92 Å². The largest absolute Gasteiger partial charge is 0.366 e. The Morgan fingerprint density at radius 3 is 2.73 bits per heavy atom. The van der Waals surface area contributed by atoms with E-state index in [2.05, 4.69) is 31.7 Å². The molecule has 3 aromatic heterocycles. The molecular weight excluding hydrogens is 459 g/mol. The zero-order valence-corrected chi connectivity index (χ0v) is 20.1. The van der Waals surface area contributed by atoms with Gasteiger partial charge in [0.15, 0.2) is 11.4 Å². The van der Waals surface area contributed by atoms with Crippen LogP contribution in [0.1, 0.15) is 44.7 Å². The van der Waals surface area contributed by atoms with E-state index in [0.29, 0.717) is 16.1 Å². The molecule has 1 saturated carbocycles. The molecule has 1 aliphatic carbocycles. The van der Waals surface area contributed by atoms with Crippen molar-refractivity contribution in [1.29, 1.82) is 0 Å². The van der Waals surface area contributed by atoms with Gasteiger partial charge in [0, 0.05) is 24.0 Å². The fourth-order valence-corrected chi connectivity index (χ4v) is 5.24. The number of aromatic nitrogens is 4. The molecule has 2 unspecified atom stereocenters. The lowest BCUT2D eigenvalue weighted by Crippen LogP contribution is -2.33. The Hall–Kier alpha value is -2.25. The molecule has 1 aromatic carbocycles. The summed E-state index contributed by atoms with van der Waals surface area (Å²) in [5.74, 6) is -0.745. The summed E-state index contributed by atoms with van der Waals surface area (Å²) < 4.78 is 8.25. The van der Waals surface area contributed by atoms with E-state index in [1.807, 2.05) is 24.4 Å². The maximum atomic E-state index is 10.4. The van der Waals surface area contributed by atoms with Crippen LogP contribution in [0, 0.1) is 5.92 Å². The molecule has 6 nitrogen and oxygen atoms in total. The molecule has 0 aliphatic heterocycles. The lowest BCUT2D eigenvalue weighted by molar-refractivity contribution is -0.210. The van der Waals surface area contributed by atoms with Crippen LogP contribution in [0.5, 0.6) is 0 Å². The smallest absolute Gasteiger partial charge is 0.160 e. The first-order valence-corrected chi connectivity index (χ1v) is 11.9. The first-order chi connectivity index (χ1) is 15.8. The Morgan fingerprint density at radius 1 is 1.09 bits per heavy atom. The van der Waals surface area contributed by atoms with Crippen LogP contribution in [0.4, 0.5) is 0 Å². The minimum atomic E-state index is -1.20. The summed E-state index contributed by atoms with van der Waals surface area (Å²) >= 11 is 12.2. The van der Waals surface area contributed by atoms with Gasteiger partial charge in [-0.15, -0.1) is 0 Å². The number of hydrogen-bond donors (Lipinski definition) is 1. The second kappa shape index (κ2) is 8.84. The van der Waals surface area contributed by atoms with Crippen molar-refractivity contribution < 1.29 is 9.84 Å². The second-order valence-corrected chi connectivity index (χ2v) is 10.1. The number of aryl methyl sites for hydroxylation is 1. The quantitative estimate of drug-likeness (QED) is 0.269. The van der Waals surface area contributed by atoms with Crippen LogP contribution in [-0.2, 0) is 11.2 Å². The monoisotopic (exact) mass is 484 g/mol. The molecule has 5 rings (SSSR count). The van der Waals surface area contributed by atoms with Crippen LogP contribution >= 0.6 is 23.2 Å². The molecule has 1 fully saturated rings. The molecule has 0 bridgehead atoms. The third-order valence-corrected chi connectivity index (χ3v) is 7.02. The van der Waals surface area contributed by atoms with E-state index in [1.165, 1.54) is 5.56 Å². The Kier molecular flexibility index (Phi) is 6.04. The van der Waals surface area contributed by atoms with Crippen LogP contribution in [-0.4, -0.2) is 36.5 Å². The van der Waals surface area contributed by atoms with E-state index in [1.54, 1.807) is 26.2 Å². The van der Waals surface area contributed by atoms with Gasteiger partial charge in [0.2, 0.25) is 0 Å². The highest BCUT2D eigenvalue weighted by molar-refractivity contribution is 6.41. The van der Waals surface area contributed by atoms with Crippen molar-refractivity contribution in [3.8, 4) is 0 Å². The molecule has 3 heterocycles. The number of fused-ring (bicyclic) bond motifs is 2. The van der Waals surface area contributed by atoms with Gasteiger partial charge in [-0.25, -0.2) is 9.97 Å². The molecule has 0 radical (unpaired) electrons. The normalized spacial score (nSPS) is 21.3. The van der Waals surface area contributed by atoms with E-state index in [9.17, 15) is 5.11 Å². The molecule has 8 heteroatoms. The molecule has 1 N–H and O–H groups in total. The van der Waals surface area contributed by atoms with Gasteiger partial charge < -0.3 is 14.4 Å². The Morgan fingerprint density at radius 2 is 1.91 bits per heavy atom. The highest BCUT2D eigenvalue weighted by Crippen LogP contribution is 2.42. The van der Waals surface area contributed by atoms with Crippen LogP contribution in [0.15, 0.2) is 48.9 Å². The third kappa shape index (κ3) is 4.85. The van der Waals surface area contributed by atoms with Crippen LogP contribution in [0.25, 0.3) is 22.1 Å². The zero-order valence-electron chi connectivity index (χ0n) is 18.6. The summed E-state index contributed by atoms with van der Waals surface area (Å²) in [7, 11) is 0.